The van der Waals surface area contributed by atoms with Gasteiger partial charge in [0.25, 0.3) is 0 Å². The van der Waals surface area contributed by atoms with Gasteiger partial charge < -0.3 is 10.6 Å². The van der Waals surface area contributed by atoms with Crippen LogP contribution in [0.4, 0.5) is 0 Å². The van der Waals surface area contributed by atoms with Gasteiger partial charge in [0.1, 0.15) is 0 Å². The fourth-order valence-electron chi connectivity index (χ4n) is 1.52. The maximum atomic E-state index is 7.23. The van der Waals surface area contributed by atoms with Crippen LogP contribution in [0.2, 0.25) is 0 Å². The highest BCUT2D eigenvalue weighted by atomic mass is 32.2. The van der Waals surface area contributed by atoms with E-state index in [0.29, 0.717) is 18.2 Å². The first-order chi connectivity index (χ1) is 7.06. The van der Waals surface area contributed by atoms with Crippen LogP contribution in [-0.2, 0) is 0 Å². The Morgan fingerprint density at radius 1 is 1.40 bits per heavy atom. The smallest absolute Gasteiger partial charge is 0.0918 e. The molecule has 90 valence electrons. The number of hydrogen-bond donors (Lipinski definition) is 2. The third-order valence-corrected chi connectivity index (χ3v) is 2.84. The van der Waals surface area contributed by atoms with Crippen LogP contribution >= 0.6 is 11.8 Å². The van der Waals surface area contributed by atoms with E-state index in [9.17, 15) is 0 Å². The van der Waals surface area contributed by atoms with Crippen molar-refractivity contribution in [2.45, 2.75) is 26.7 Å². The van der Waals surface area contributed by atoms with Gasteiger partial charge in [0.05, 0.1) is 5.84 Å². The molecule has 0 atom stereocenters. The van der Waals surface area contributed by atoms with Crippen LogP contribution in [0.15, 0.2) is 0 Å². The lowest BCUT2D eigenvalue weighted by Gasteiger charge is -2.23. The maximum Gasteiger partial charge on any atom is 0.0918 e. The number of hydrogen-bond acceptors (Lipinski definition) is 3. The van der Waals surface area contributed by atoms with Gasteiger partial charge >= 0.3 is 0 Å². The van der Waals surface area contributed by atoms with Crippen LogP contribution in [0, 0.1) is 11.3 Å². The van der Waals surface area contributed by atoms with Crippen LogP contribution in [0.5, 0.6) is 0 Å². The molecule has 3 nitrogen and oxygen atoms in total. The molecule has 3 N–H and O–H groups in total. The molecule has 0 aliphatic rings. The van der Waals surface area contributed by atoms with Crippen molar-refractivity contribution in [3.8, 4) is 0 Å². The lowest BCUT2D eigenvalue weighted by molar-refractivity contribution is 0.251. The third kappa shape index (κ3) is 10.1. The van der Waals surface area contributed by atoms with E-state index in [4.69, 9.17) is 11.1 Å². The van der Waals surface area contributed by atoms with Gasteiger partial charge in [-0.05, 0) is 30.9 Å². The molecule has 0 aliphatic carbocycles. The Labute approximate surface area is 98.3 Å². The predicted molar refractivity (Wildman–Crippen MR) is 70.8 cm³/mol. The summed E-state index contributed by atoms with van der Waals surface area (Å²) < 4.78 is 0. The fraction of sp³-hybridized carbons (Fsp3) is 0.909. The normalized spacial score (nSPS) is 11.3. The number of amidine groups is 1. The SMILES string of the molecule is CSCCCN(CCC(=N)N)CC(C)C. The summed E-state index contributed by atoms with van der Waals surface area (Å²) in [5.74, 6) is 2.20. The van der Waals surface area contributed by atoms with Crippen LogP contribution in [0.1, 0.15) is 26.7 Å². The summed E-state index contributed by atoms with van der Waals surface area (Å²) in [6.45, 7) is 7.64. The summed E-state index contributed by atoms with van der Waals surface area (Å²) in [5, 5.41) is 7.23. The van der Waals surface area contributed by atoms with Crippen LogP contribution in [0.25, 0.3) is 0 Å². The molecule has 0 heterocycles. The van der Waals surface area contributed by atoms with Crippen molar-refractivity contribution >= 4 is 17.6 Å². The van der Waals surface area contributed by atoms with Crippen LogP contribution in [0.3, 0.4) is 0 Å². The average molecular weight is 231 g/mol. The van der Waals surface area contributed by atoms with E-state index < -0.39 is 0 Å². The van der Waals surface area contributed by atoms with E-state index in [1.807, 2.05) is 11.8 Å². The minimum Gasteiger partial charge on any atom is -0.388 e. The number of nitrogens with one attached hydrogen (secondary N) is 1. The highest BCUT2D eigenvalue weighted by Crippen LogP contribution is 2.03. The Kier molecular flexibility index (Phi) is 8.91. The summed E-state index contributed by atoms with van der Waals surface area (Å²) >= 11 is 1.89. The van der Waals surface area contributed by atoms with Gasteiger partial charge in [-0.3, -0.25) is 5.41 Å². The Bertz CT molecular complexity index is 171. The largest absolute Gasteiger partial charge is 0.388 e. The summed E-state index contributed by atoms with van der Waals surface area (Å²) in [7, 11) is 0. The molecule has 0 radical (unpaired) electrons. The van der Waals surface area contributed by atoms with E-state index in [0.717, 1.165) is 19.6 Å². The summed E-state index contributed by atoms with van der Waals surface area (Å²) in [6.07, 6.45) is 4.07. The van der Waals surface area contributed by atoms with Gasteiger partial charge in [0, 0.05) is 19.5 Å². The van der Waals surface area contributed by atoms with E-state index in [1.54, 1.807) is 0 Å². The molecule has 0 aliphatic heterocycles. The molecule has 0 aromatic carbocycles. The maximum absolute atomic E-state index is 7.23. The zero-order valence-corrected chi connectivity index (χ0v) is 11.1. The fourth-order valence-corrected chi connectivity index (χ4v) is 1.94. The lowest BCUT2D eigenvalue weighted by Crippen LogP contribution is -2.32. The number of nitrogens with zero attached hydrogens (tertiary/aromatic N) is 1. The summed E-state index contributed by atoms with van der Waals surface area (Å²) in [5.41, 5.74) is 5.38. The molecule has 0 saturated carbocycles. The highest BCUT2D eigenvalue weighted by Gasteiger charge is 2.07. The molecular weight excluding hydrogens is 206 g/mol. The molecule has 0 rings (SSSR count). The molecule has 0 aromatic rings. The Balaban J connectivity index is 3.78. The third-order valence-electron chi connectivity index (χ3n) is 2.14. The average Bonchev–Trinajstić information content (AvgIpc) is 2.13. The van der Waals surface area contributed by atoms with Crippen molar-refractivity contribution in [3.63, 3.8) is 0 Å². The van der Waals surface area contributed by atoms with E-state index >= 15 is 0 Å². The van der Waals surface area contributed by atoms with Crippen LogP contribution in [-0.4, -0.2) is 42.4 Å². The Morgan fingerprint density at radius 2 is 2.07 bits per heavy atom. The van der Waals surface area contributed by atoms with E-state index in [1.165, 1.54) is 12.2 Å². The molecule has 0 saturated heterocycles. The molecule has 0 amide bonds. The second-order valence-corrected chi connectivity index (χ2v) is 5.30. The zero-order valence-electron chi connectivity index (χ0n) is 10.3. The van der Waals surface area contributed by atoms with Crippen molar-refractivity contribution < 1.29 is 0 Å². The molecule has 15 heavy (non-hydrogen) atoms. The van der Waals surface area contributed by atoms with Gasteiger partial charge in [-0.2, -0.15) is 11.8 Å². The van der Waals surface area contributed by atoms with Crippen LogP contribution < -0.4 is 5.73 Å². The van der Waals surface area contributed by atoms with Crippen molar-refractivity contribution in [1.29, 1.82) is 5.41 Å². The van der Waals surface area contributed by atoms with Gasteiger partial charge in [0.15, 0.2) is 0 Å². The molecule has 0 fully saturated rings. The van der Waals surface area contributed by atoms with Gasteiger partial charge in [-0.15, -0.1) is 0 Å². The van der Waals surface area contributed by atoms with E-state index in [-0.39, 0.29) is 0 Å². The monoisotopic (exact) mass is 231 g/mol. The molecule has 0 spiro atoms. The van der Waals surface area contributed by atoms with Gasteiger partial charge in [-0.25, -0.2) is 0 Å². The number of nitrogens with two attached hydrogens (primary N) is 1. The minimum atomic E-state index is 0.300. The van der Waals surface area contributed by atoms with Gasteiger partial charge in [-0.1, -0.05) is 13.8 Å². The topological polar surface area (TPSA) is 53.1 Å². The Hall–Kier alpha value is -0.220. The van der Waals surface area contributed by atoms with E-state index in [2.05, 4.69) is 25.0 Å². The second-order valence-electron chi connectivity index (χ2n) is 4.32. The highest BCUT2D eigenvalue weighted by molar-refractivity contribution is 7.98. The van der Waals surface area contributed by atoms with Gasteiger partial charge in [0.2, 0.25) is 0 Å². The number of rotatable bonds is 9. The summed E-state index contributed by atoms with van der Waals surface area (Å²) in [4.78, 5) is 2.42. The zero-order chi connectivity index (χ0) is 11.7. The van der Waals surface area contributed by atoms with Crippen molar-refractivity contribution in [2.75, 3.05) is 31.6 Å². The molecule has 4 heteroatoms. The Morgan fingerprint density at radius 3 is 2.53 bits per heavy atom. The predicted octanol–water partition coefficient (Wildman–Crippen LogP) is 2.02. The van der Waals surface area contributed by atoms with Crippen molar-refractivity contribution in [1.82, 2.24) is 4.90 Å². The minimum absolute atomic E-state index is 0.300. The molecule has 0 aromatic heterocycles. The summed E-state index contributed by atoms with van der Waals surface area (Å²) in [6, 6.07) is 0. The first kappa shape index (κ1) is 14.8. The number of thioether (sulfide) groups is 1. The standard InChI is InChI=1S/C11H25N3S/c1-10(2)9-14(6-4-8-15-3)7-5-11(12)13/h10H,4-9H2,1-3H3,(H3,12,13). The second kappa shape index (κ2) is 9.04. The molecule has 0 bridgehead atoms. The first-order valence-corrected chi connectivity index (χ1v) is 6.99. The lowest BCUT2D eigenvalue weighted by atomic mass is 10.2. The van der Waals surface area contributed by atoms with Crippen molar-refractivity contribution in [3.05, 3.63) is 0 Å². The first-order valence-electron chi connectivity index (χ1n) is 5.60. The molecular formula is C11H25N3S. The van der Waals surface area contributed by atoms with Crippen molar-refractivity contribution in [2.24, 2.45) is 11.7 Å². The molecule has 0 unspecified atom stereocenters. The quantitative estimate of drug-likeness (QED) is 0.363.